The van der Waals surface area contributed by atoms with Crippen molar-refractivity contribution in [1.29, 1.82) is 0 Å². The molecule has 30 heavy (non-hydrogen) atoms. The van der Waals surface area contributed by atoms with Crippen LogP contribution in [-0.4, -0.2) is 22.2 Å². The molecule has 2 aromatic heterocycles. The minimum Gasteiger partial charge on any atom is -0.403 e. The van der Waals surface area contributed by atoms with Gasteiger partial charge in [-0.25, -0.2) is 8.78 Å². The van der Waals surface area contributed by atoms with Gasteiger partial charge in [0.05, 0.1) is 12.5 Å². The van der Waals surface area contributed by atoms with Gasteiger partial charge in [-0.05, 0) is 47.5 Å². The van der Waals surface area contributed by atoms with E-state index in [-0.39, 0.29) is 17.7 Å². The molecule has 0 saturated carbocycles. The number of carbonyl (C=O) groups is 1. The molecule has 0 aliphatic carbocycles. The normalized spacial score (nSPS) is 12.3. The van der Waals surface area contributed by atoms with E-state index in [1.165, 1.54) is 24.7 Å². The Kier molecular flexibility index (Phi) is 6.24. The van der Waals surface area contributed by atoms with Crippen LogP contribution in [0.3, 0.4) is 0 Å². The number of nitrogens with one attached hydrogen (secondary N) is 1. The Bertz CT molecular complexity index is 1030. The lowest BCUT2D eigenvalue weighted by atomic mass is 10.0. The predicted molar refractivity (Wildman–Crippen MR) is 95.2 cm³/mol. The van der Waals surface area contributed by atoms with Crippen LogP contribution in [0.25, 0.3) is 0 Å². The SMILES string of the molecule is O=C(Cc1ccncc1)N[C@@H](c1ccc(OC(F)(F)F)c(F)c1)c1ncccc1F. The van der Waals surface area contributed by atoms with E-state index in [0.717, 1.165) is 24.3 Å². The van der Waals surface area contributed by atoms with E-state index in [1.54, 1.807) is 12.1 Å². The van der Waals surface area contributed by atoms with Crippen molar-refractivity contribution in [3.8, 4) is 5.75 Å². The first kappa shape index (κ1) is 21.2. The number of rotatable bonds is 6. The maximum atomic E-state index is 14.3. The topological polar surface area (TPSA) is 64.1 Å². The molecule has 0 saturated heterocycles. The molecule has 3 aromatic rings. The Morgan fingerprint density at radius 1 is 1.03 bits per heavy atom. The largest absolute Gasteiger partial charge is 0.573 e. The quantitative estimate of drug-likeness (QED) is 0.607. The van der Waals surface area contributed by atoms with Crippen LogP contribution in [0.1, 0.15) is 22.9 Å². The monoisotopic (exact) mass is 423 g/mol. The van der Waals surface area contributed by atoms with Gasteiger partial charge in [-0.2, -0.15) is 0 Å². The highest BCUT2D eigenvalue weighted by Gasteiger charge is 2.33. The highest BCUT2D eigenvalue weighted by molar-refractivity contribution is 5.79. The number of alkyl halides is 3. The molecule has 0 bridgehead atoms. The van der Waals surface area contributed by atoms with Crippen molar-refractivity contribution in [2.24, 2.45) is 0 Å². The van der Waals surface area contributed by atoms with Crippen molar-refractivity contribution in [3.63, 3.8) is 0 Å². The van der Waals surface area contributed by atoms with E-state index in [4.69, 9.17) is 0 Å². The van der Waals surface area contributed by atoms with Crippen LogP contribution in [0.5, 0.6) is 5.75 Å². The number of ether oxygens (including phenoxy) is 1. The predicted octanol–water partition coefficient (Wildman–Crippen LogP) is 4.10. The number of carbonyl (C=O) groups excluding carboxylic acids is 1. The molecule has 0 radical (unpaired) electrons. The molecule has 0 aliphatic heterocycles. The van der Waals surface area contributed by atoms with Gasteiger partial charge in [-0.1, -0.05) is 6.07 Å². The van der Waals surface area contributed by atoms with Gasteiger partial charge in [-0.15, -0.1) is 13.2 Å². The van der Waals surface area contributed by atoms with Crippen molar-refractivity contribution in [1.82, 2.24) is 15.3 Å². The van der Waals surface area contributed by atoms with Crippen LogP contribution in [0, 0.1) is 11.6 Å². The zero-order valence-corrected chi connectivity index (χ0v) is 15.2. The van der Waals surface area contributed by atoms with Crippen molar-refractivity contribution in [2.45, 2.75) is 18.8 Å². The van der Waals surface area contributed by atoms with Crippen LogP contribution in [0.2, 0.25) is 0 Å². The molecule has 0 unspecified atom stereocenters. The molecule has 1 N–H and O–H groups in total. The number of nitrogens with zero attached hydrogens (tertiary/aromatic N) is 2. The maximum absolute atomic E-state index is 14.3. The van der Waals surface area contributed by atoms with Crippen LogP contribution in [0.4, 0.5) is 22.0 Å². The zero-order chi connectivity index (χ0) is 21.7. The number of hydrogen-bond donors (Lipinski definition) is 1. The Morgan fingerprint density at radius 3 is 2.40 bits per heavy atom. The van der Waals surface area contributed by atoms with Crippen LogP contribution in [-0.2, 0) is 11.2 Å². The lowest BCUT2D eigenvalue weighted by Crippen LogP contribution is -2.32. The molecule has 0 spiro atoms. The van der Waals surface area contributed by atoms with Gasteiger partial charge in [0.2, 0.25) is 5.91 Å². The average Bonchev–Trinajstić information content (AvgIpc) is 2.68. The lowest BCUT2D eigenvalue weighted by molar-refractivity contribution is -0.275. The molecular weight excluding hydrogens is 409 g/mol. The minimum atomic E-state index is -5.08. The minimum absolute atomic E-state index is 0.0114. The van der Waals surface area contributed by atoms with Gasteiger partial charge in [0, 0.05) is 18.6 Å². The summed E-state index contributed by atoms with van der Waals surface area (Å²) in [5, 5.41) is 2.54. The van der Waals surface area contributed by atoms with E-state index in [1.807, 2.05) is 0 Å². The first-order valence-corrected chi connectivity index (χ1v) is 8.57. The summed E-state index contributed by atoms with van der Waals surface area (Å²) in [5.74, 6) is -3.68. The van der Waals surface area contributed by atoms with E-state index >= 15 is 0 Å². The van der Waals surface area contributed by atoms with E-state index in [9.17, 15) is 26.7 Å². The Hall–Kier alpha value is -3.56. The van der Waals surface area contributed by atoms with Gasteiger partial charge in [0.25, 0.3) is 0 Å². The molecule has 1 aromatic carbocycles. The number of benzene rings is 1. The summed E-state index contributed by atoms with van der Waals surface area (Å²) in [6.07, 6.45) is -0.892. The molecule has 0 aliphatic rings. The third kappa shape index (κ3) is 5.49. The number of aromatic nitrogens is 2. The Morgan fingerprint density at radius 2 is 1.77 bits per heavy atom. The highest BCUT2D eigenvalue weighted by atomic mass is 19.4. The van der Waals surface area contributed by atoms with Crippen LogP contribution >= 0.6 is 0 Å². The second-order valence-electron chi connectivity index (χ2n) is 6.14. The van der Waals surface area contributed by atoms with Crippen LogP contribution in [0.15, 0.2) is 61.1 Å². The number of pyridine rings is 2. The highest BCUT2D eigenvalue weighted by Crippen LogP contribution is 2.30. The second-order valence-corrected chi connectivity index (χ2v) is 6.14. The fraction of sp³-hybridized carbons (Fsp3) is 0.150. The molecule has 156 valence electrons. The molecule has 10 heteroatoms. The summed E-state index contributed by atoms with van der Waals surface area (Å²) in [7, 11) is 0. The fourth-order valence-corrected chi connectivity index (χ4v) is 2.72. The summed E-state index contributed by atoms with van der Waals surface area (Å²) in [6, 6.07) is 6.98. The van der Waals surface area contributed by atoms with Gasteiger partial charge in [0.15, 0.2) is 11.6 Å². The van der Waals surface area contributed by atoms with Gasteiger partial charge < -0.3 is 10.1 Å². The smallest absolute Gasteiger partial charge is 0.403 e. The number of hydrogen-bond acceptors (Lipinski definition) is 4. The summed E-state index contributed by atoms with van der Waals surface area (Å²) < 4.78 is 69.2. The Labute approximate surface area is 167 Å². The van der Waals surface area contributed by atoms with E-state index in [2.05, 4.69) is 20.0 Å². The molecular formula is C20H14F5N3O2. The third-order valence-electron chi connectivity index (χ3n) is 3.99. The van der Waals surface area contributed by atoms with Crippen molar-refractivity contribution in [2.75, 3.05) is 0 Å². The zero-order valence-electron chi connectivity index (χ0n) is 15.2. The molecule has 1 atom stereocenters. The number of halogens is 5. The summed E-state index contributed by atoms with van der Waals surface area (Å²) >= 11 is 0. The molecule has 1 amide bonds. The molecule has 3 rings (SSSR count). The molecule has 0 fully saturated rings. The van der Waals surface area contributed by atoms with Gasteiger partial charge >= 0.3 is 6.36 Å². The number of amides is 1. The first-order valence-electron chi connectivity index (χ1n) is 8.57. The first-order chi connectivity index (χ1) is 14.2. The maximum Gasteiger partial charge on any atom is 0.573 e. The van der Waals surface area contributed by atoms with Crippen molar-refractivity contribution >= 4 is 5.91 Å². The van der Waals surface area contributed by atoms with E-state index in [0.29, 0.717) is 5.56 Å². The van der Waals surface area contributed by atoms with Gasteiger partial charge in [-0.3, -0.25) is 14.8 Å². The molecule has 5 nitrogen and oxygen atoms in total. The van der Waals surface area contributed by atoms with E-state index < -0.39 is 35.7 Å². The average molecular weight is 423 g/mol. The second kappa shape index (κ2) is 8.85. The van der Waals surface area contributed by atoms with Crippen molar-refractivity contribution in [3.05, 3.63) is 89.5 Å². The lowest BCUT2D eigenvalue weighted by Gasteiger charge is -2.20. The third-order valence-corrected chi connectivity index (χ3v) is 3.99. The molecule has 2 heterocycles. The standard InChI is InChI=1S/C20H14F5N3O2/c21-14-2-1-7-27-19(14)18(28-17(29)10-12-5-8-26-9-6-12)13-3-4-16(15(22)11-13)30-20(23,24)25/h1-9,11,18H,10H2,(H,28,29)/t18-/m0/s1. The summed E-state index contributed by atoms with van der Waals surface area (Å²) in [5.41, 5.74) is 0.398. The summed E-state index contributed by atoms with van der Waals surface area (Å²) in [4.78, 5) is 20.2. The summed E-state index contributed by atoms with van der Waals surface area (Å²) in [6.45, 7) is 0. The fourth-order valence-electron chi connectivity index (χ4n) is 2.72. The van der Waals surface area contributed by atoms with Crippen LogP contribution < -0.4 is 10.1 Å². The Balaban J connectivity index is 1.91. The van der Waals surface area contributed by atoms with Crippen molar-refractivity contribution < 1.29 is 31.5 Å². The van der Waals surface area contributed by atoms with Gasteiger partial charge in [0.1, 0.15) is 11.5 Å².